The number of primary amides is 1. The minimum atomic E-state index is -2.70. The first kappa shape index (κ1) is 21.5. The van der Waals surface area contributed by atoms with E-state index in [1.807, 2.05) is 13.0 Å². The van der Waals surface area contributed by atoms with Crippen molar-refractivity contribution in [2.75, 3.05) is 0 Å². The fraction of sp³-hybridized carbons (Fsp3) is 0.318. The third-order valence-corrected chi connectivity index (χ3v) is 5.06. The lowest BCUT2D eigenvalue weighted by Gasteiger charge is -2.29. The Hall–Kier alpha value is -3.16. The molecule has 0 spiro atoms. The molecular weight excluding hydrogens is 395 g/mol. The van der Waals surface area contributed by atoms with Crippen LogP contribution in [0.15, 0.2) is 47.4 Å². The van der Waals surface area contributed by atoms with Gasteiger partial charge in [0.25, 0.3) is 5.91 Å². The van der Waals surface area contributed by atoms with Crippen LogP contribution in [0.25, 0.3) is 10.9 Å². The highest BCUT2D eigenvalue weighted by Gasteiger charge is 2.37. The number of aromatic nitrogens is 2. The van der Waals surface area contributed by atoms with Gasteiger partial charge in [-0.2, -0.15) is 0 Å². The second-order valence-corrected chi connectivity index (χ2v) is 7.48. The van der Waals surface area contributed by atoms with Gasteiger partial charge >= 0.3 is 0 Å². The number of aryl methyl sites for hydroxylation is 1. The SMILES string of the molecule is Cc1cccc(F)c1.NC(=O)c1nccc2[nH]c([C@H]3CCCC(F)(F)C3)cc(=O)c12. The zero-order valence-corrected chi connectivity index (χ0v) is 16.4. The first-order valence-corrected chi connectivity index (χ1v) is 9.58. The molecule has 1 saturated carbocycles. The van der Waals surface area contributed by atoms with Crippen molar-refractivity contribution >= 4 is 16.8 Å². The van der Waals surface area contributed by atoms with Crippen LogP contribution in [0.3, 0.4) is 0 Å². The van der Waals surface area contributed by atoms with Crippen molar-refractivity contribution in [3.05, 3.63) is 75.6 Å². The summed E-state index contributed by atoms with van der Waals surface area (Å²) >= 11 is 0. The van der Waals surface area contributed by atoms with Gasteiger partial charge in [0.2, 0.25) is 5.92 Å². The summed E-state index contributed by atoms with van der Waals surface area (Å²) in [6.07, 6.45) is 1.99. The van der Waals surface area contributed by atoms with Crippen molar-refractivity contribution in [1.29, 1.82) is 0 Å². The minimum Gasteiger partial charge on any atom is -0.364 e. The van der Waals surface area contributed by atoms with E-state index in [4.69, 9.17) is 5.73 Å². The molecule has 4 rings (SSSR count). The summed E-state index contributed by atoms with van der Waals surface area (Å²) in [7, 11) is 0. The standard InChI is InChI=1S/C15H15F2N3O2.C7H7F/c16-15(17)4-1-2-8(7-15)10-6-11(21)12-9(20-10)3-5-19-13(12)14(18)22;1-6-3-2-4-7(8)5-6/h3,5-6,8H,1-2,4,7H2,(H2,18,22)(H,20,21);2-5H,1H3/t8-;/m0./s1. The highest BCUT2D eigenvalue weighted by Crippen LogP contribution is 2.41. The van der Waals surface area contributed by atoms with Crippen LogP contribution in [-0.4, -0.2) is 21.8 Å². The fourth-order valence-corrected chi connectivity index (χ4v) is 3.67. The molecular formula is C22H22F3N3O2. The number of nitrogens with one attached hydrogen (secondary N) is 1. The summed E-state index contributed by atoms with van der Waals surface area (Å²) in [6, 6.07) is 9.32. The molecule has 1 aliphatic carbocycles. The molecule has 0 saturated heterocycles. The Balaban J connectivity index is 0.000000269. The topological polar surface area (TPSA) is 88.8 Å². The summed E-state index contributed by atoms with van der Waals surface area (Å²) in [5.41, 5.74) is 6.49. The third-order valence-electron chi connectivity index (χ3n) is 5.06. The molecule has 1 aromatic carbocycles. The molecule has 0 unspecified atom stereocenters. The van der Waals surface area contributed by atoms with Gasteiger partial charge in [0.1, 0.15) is 11.5 Å². The van der Waals surface area contributed by atoms with Crippen LogP contribution >= 0.6 is 0 Å². The van der Waals surface area contributed by atoms with Crippen LogP contribution in [0, 0.1) is 12.7 Å². The van der Waals surface area contributed by atoms with Crippen LogP contribution in [0.5, 0.6) is 0 Å². The molecule has 8 heteroatoms. The summed E-state index contributed by atoms with van der Waals surface area (Å²) in [5, 5.41) is 0.0984. The number of hydrogen-bond donors (Lipinski definition) is 2. The molecule has 1 aliphatic rings. The maximum atomic E-state index is 13.6. The Kier molecular flexibility index (Phi) is 6.24. The number of benzene rings is 1. The number of nitrogens with two attached hydrogens (primary N) is 1. The quantitative estimate of drug-likeness (QED) is 0.646. The summed E-state index contributed by atoms with van der Waals surface area (Å²) in [4.78, 5) is 30.4. The van der Waals surface area contributed by atoms with Crippen LogP contribution in [-0.2, 0) is 0 Å². The molecule has 1 fully saturated rings. The summed E-state index contributed by atoms with van der Waals surface area (Å²) < 4.78 is 39.3. The van der Waals surface area contributed by atoms with Crippen LogP contribution in [0.1, 0.15) is 53.3 Å². The number of amides is 1. The average Bonchev–Trinajstić information content (AvgIpc) is 2.67. The van der Waals surface area contributed by atoms with E-state index in [1.54, 1.807) is 6.07 Å². The maximum absolute atomic E-state index is 13.6. The predicted octanol–water partition coefficient (Wildman–Crippen LogP) is 4.45. The number of nitrogens with zero attached hydrogens (tertiary/aromatic N) is 1. The van der Waals surface area contributed by atoms with Crippen molar-refractivity contribution in [3.63, 3.8) is 0 Å². The second kappa shape index (κ2) is 8.69. The van der Waals surface area contributed by atoms with Gasteiger partial charge in [-0.3, -0.25) is 14.6 Å². The number of pyridine rings is 2. The molecule has 158 valence electrons. The molecule has 5 nitrogen and oxygen atoms in total. The van der Waals surface area contributed by atoms with E-state index in [0.717, 1.165) is 5.56 Å². The number of halogens is 3. The third kappa shape index (κ3) is 5.06. The molecule has 1 amide bonds. The smallest absolute Gasteiger partial charge is 0.268 e. The average molecular weight is 417 g/mol. The van der Waals surface area contributed by atoms with E-state index < -0.39 is 23.2 Å². The molecule has 3 aromatic rings. The van der Waals surface area contributed by atoms with Gasteiger partial charge in [-0.1, -0.05) is 12.1 Å². The number of aromatic amines is 1. The zero-order chi connectivity index (χ0) is 21.9. The van der Waals surface area contributed by atoms with Gasteiger partial charge in [0, 0.05) is 36.7 Å². The van der Waals surface area contributed by atoms with Gasteiger partial charge in [0.15, 0.2) is 5.43 Å². The van der Waals surface area contributed by atoms with Gasteiger partial charge in [-0.15, -0.1) is 0 Å². The van der Waals surface area contributed by atoms with E-state index >= 15 is 0 Å². The number of H-pyrrole nitrogens is 1. The Morgan fingerprint density at radius 3 is 2.63 bits per heavy atom. The lowest BCUT2D eigenvalue weighted by Crippen LogP contribution is -2.26. The van der Waals surface area contributed by atoms with Gasteiger partial charge in [0.05, 0.1) is 10.9 Å². The Bertz CT molecular complexity index is 1110. The first-order chi connectivity index (χ1) is 14.2. The molecule has 2 heterocycles. The number of carbonyl (C=O) groups excluding carboxylic acids is 1. The summed E-state index contributed by atoms with van der Waals surface area (Å²) in [6.45, 7) is 1.86. The molecule has 0 aliphatic heterocycles. The molecule has 3 N–H and O–H groups in total. The normalized spacial score (nSPS) is 17.8. The van der Waals surface area contributed by atoms with Crippen molar-refractivity contribution < 1.29 is 18.0 Å². The number of rotatable bonds is 2. The lowest BCUT2D eigenvalue weighted by molar-refractivity contribution is -0.0412. The van der Waals surface area contributed by atoms with Crippen molar-refractivity contribution in [3.8, 4) is 0 Å². The Morgan fingerprint density at radius 1 is 1.27 bits per heavy atom. The Labute approximate surface area is 171 Å². The van der Waals surface area contributed by atoms with Crippen LogP contribution < -0.4 is 11.2 Å². The van der Waals surface area contributed by atoms with Gasteiger partial charge < -0.3 is 10.7 Å². The van der Waals surface area contributed by atoms with E-state index in [9.17, 15) is 22.8 Å². The first-order valence-electron chi connectivity index (χ1n) is 9.58. The van der Waals surface area contributed by atoms with Crippen LogP contribution in [0.2, 0.25) is 0 Å². The van der Waals surface area contributed by atoms with E-state index in [2.05, 4.69) is 9.97 Å². The number of alkyl halides is 2. The highest BCUT2D eigenvalue weighted by atomic mass is 19.3. The van der Waals surface area contributed by atoms with Crippen molar-refractivity contribution in [2.24, 2.45) is 5.73 Å². The molecule has 30 heavy (non-hydrogen) atoms. The minimum absolute atomic E-state index is 0.0984. The van der Waals surface area contributed by atoms with Gasteiger partial charge in [-0.05, 0) is 43.5 Å². The fourth-order valence-electron chi connectivity index (χ4n) is 3.67. The van der Waals surface area contributed by atoms with E-state index in [-0.39, 0.29) is 29.7 Å². The van der Waals surface area contributed by atoms with E-state index in [0.29, 0.717) is 24.1 Å². The molecule has 0 bridgehead atoms. The molecule has 1 atom stereocenters. The monoisotopic (exact) mass is 417 g/mol. The van der Waals surface area contributed by atoms with E-state index in [1.165, 1.54) is 30.5 Å². The van der Waals surface area contributed by atoms with Crippen molar-refractivity contribution in [1.82, 2.24) is 9.97 Å². The molecule has 0 radical (unpaired) electrons. The maximum Gasteiger partial charge on any atom is 0.268 e. The zero-order valence-electron chi connectivity index (χ0n) is 16.4. The van der Waals surface area contributed by atoms with Crippen LogP contribution in [0.4, 0.5) is 13.2 Å². The summed E-state index contributed by atoms with van der Waals surface area (Å²) in [5.74, 6) is -4.06. The highest BCUT2D eigenvalue weighted by molar-refractivity contribution is 6.03. The number of carbonyl (C=O) groups is 1. The second-order valence-electron chi connectivity index (χ2n) is 7.48. The predicted molar refractivity (Wildman–Crippen MR) is 108 cm³/mol. The van der Waals surface area contributed by atoms with Gasteiger partial charge in [-0.25, -0.2) is 13.2 Å². The molecule has 2 aromatic heterocycles. The Morgan fingerprint density at radius 2 is 2.03 bits per heavy atom. The van der Waals surface area contributed by atoms with Crippen molar-refractivity contribution in [2.45, 2.75) is 44.4 Å². The number of hydrogen-bond acceptors (Lipinski definition) is 3. The number of fused-ring (bicyclic) bond motifs is 1. The lowest BCUT2D eigenvalue weighted by atomic mass is 9.84. The largest absolute Gasteiger partial charge is 0.364 e.